The Morgan fingerprint density at radius 1 is 1.29 bits per heavy atom. The Kier molecular flexibility index (Phi) is 7.05. The largest absolute Gasteiger partial charge is 0.352 e. The summed E-state index contributed by atoms with van der Waals surface area (Å²) < 4.78 is 2.04. The summed E-state index contributed by atoms with van der Waals surface area (Å²) in [4.78, 5) is 12.8. The third-order valence-corrected chi connectivity index (χ3v) is 7.15. The summed E-state index contributed by atoms with van der Waals surface area (Å²) in [5.41, 5.74) is 0.965. The van der Waals surface area contributed by atoms with E-state index < -0.39 is 0 Å². The molecule has 1 fully saturated rings. The first-order valence-corrected chi connectivity index (χ1v) is 11.3. The van der Waals surface area contributed by atoms with Gasteiger partial charge in [-0.3, -0.25) is 4.79 Å². The second kappa shape index (κ2) is 9.31. The van der Waals surface area contributed by atoms with E-state index in [2.05, 4.69) is 36.3 Å². The van der Waals surface area contributed by atoms with Crippen molar-refractivity contribution >= 4 is 29.3 Å². The minimum Gasteiger partial charge on any atom is -0.352 e. The van der Waals surface area contributed by atoms with Crippen molar-refractivity contribution < 1.29 is 4.79 Å². The highest BCUT2D eigenvalue weighted by Crippen LogP contribution is 2.31. The Hall–Kier alpha value is -1.53. The fourth-order valence-electron chi connectivity index (χ4n) is 3.77. The van der Waals surface area contributed by atoms with Crippen LogP contribution in [0.4, 0.5) is 0 Å². The normalized spacial score (nSPS) is 23.4. The van der Waals surface area contributed by atoms with Gasteiger partial charge < -0.3 is 9.88 Å². The molecule has 1 saturated carbocycles. The number of carbonyl (C=O) groups is 1. The van der Waals surface area contributed by atoms with E-state index in [1.165, 1.54) is 24.6 Å². The summed E-state index contributed by atoms with van der Waals surface area (Å²) in [6.07, 6.45) is 3.51. The lowest BCUT2D eigenvalue weighted by Gasteiger charge is -2.35. The van der Waals surface area contributed by atoms with E-state index in [1.807, 2.05) is 35.8 Å². The number of nitrogens with zero attached hydrogens (tertiary/aromatic N) is 3. The van der Waals surface area contributed by atoms with Crippen molar-refractivity contribution in [2.45, 2.75) is 70.0 Å². The van der Waals surface area contributed by atoms with Crippen LogP contribution in [0.2, 0.25) is 5.02 Å². The number of hydrogen-bond acceptors (Lipinski definition) is 4. The molecule has 4 atom stereocenters. The lowest BCUT2D eigenvalue weighted by Crippen LogP contribution is -2.46. The molecule has 0 unspecified atom stereocenters. The molecule has 5 nitrogen and oxygen atoms in total. The van der Waals surface area contributed by atoms with Crippen molar-refractivity contribution in [2.75, 3.05) is 0 Å². The molecule has 0 radical (unpaired) electrons. The summed E-state index contributed by atoms with van der Waals surface area (Å²) in [6.45, 7) is 9.26. The minimum absolute atomic E-state index is 0.0784. The molecule has 28 heavy (non-hydrogen) atoms. The lowest BCUT2D eigenvalue weighted by atomic mass is 9.78. The minimum atomic E-state index is -0.225. The SMILES string of the molecule is CCn1c(S[C@H](C)C(=O)N[C@H]2CCC[C@H](C)[C@@H]2C)nnc1-c1ccc(Cl)cc1. The number of benzene rings is 1. The summed E-state index contributed by atoms with van der Waals surface area (Å²) in [5.74, 6) is 2.05. The monoisotopic (exact) mass is 420 g/mol. The number of carbonyl (C=O) groups excluding carboxylic acids is 1. The maximum atomic E-state index is 12.8. The second-order valence-corrected chi connectivity index (χ2v) is 9.44. The molecular formula is C21H29ClN4OS. The molecule has 1 amide bonds. The van der Waals surface area contributed by atoms with E-state index in [-0.39, 0.29) is 17.2 Å². The molecule has 2 aromatic rings. The molecule has 7 heteroatoms. The Labute approximate surface area is 176 Å². The Morgan fingerprint density at radius 3 is 2.68 bits per heavy atom. The van der Waals surface area contributed by atoms with Gasteiger partial charge in [-0.15, -0.1) is 10.2 Å². The molecule has 1 aliphatic rings. The highest BCUT2D eigenvalue weighted by Gasteiger charge is 2.30. The standard InChI is InChI=1S/C21H29ClN4OS/c1-5-26-19(16-9-11-17(22)12-10-16)24-25-21(26)28-15(4)20(27)23-18-8-6-7-13(2)14(18)3/h9-15,18H,5-8H2,1-4H3,(H,23,27)/t13-,14-,15+,18-/m0/s1. The fourth-order valence-corrected chi connectivity index (χ4v) is 4.82. The average Bonchev–Trinajstić information content (AvgIpc) is 3.08. The van der Waals surface area contributed by atoms with E-state index >= 15 is 0 Å². The first-order valence-electron chi connectivity index (χ1n) is 10.1. The smallest absolute Gasteiger partial charge is 0.233 e. The molecule has 1 aliphatic carbocycles. The molecule has 1 N–H and O–H groups in total. The number of nitrogens with one attached hydrogen (secondary N) is 1. The molecule has 3 rings (SSSR count). The Balaban J connectivity index is 1.69. The van der Waals surface area contributed by atoms with Gasteiger partial charge in [0.25, 0.3) is 0 Å². The van der Waals surface area contributed by atoms with Gasteiger partial charge in [0.05, 0.1) is 5.25 Å². The highest BCUT2D eigenvalue weighted by atomic mass is 35.5. The van der Waals surface area contributed by atoms with Crippen LogP contribution >= 0.6 is 23.4 Å². The molecule has 0 spiro atoms. The van der Waals surface area contributed by atoms with Crippen molar-refractivity contribution in [3.05, 3.63) is 29.3 Å². The zero-order valence-corrected chi connectivity index (χ0v) is 18.6. The van der Waals surface area contributed by atoms with Crippen molar-refractivity contribution in [1.29, 1.82) is 0 Å². The van der Waals surface area contributed by atoms with E-state index in [0.29, 0.717) is 16.9 Å². The number of halogens is 1. The Bertz CT molecular complexity index is 807. The summed E-state index contributed by atoms with van der Waals surface area (Å²) in [5, 5.41) is 13.2. The van der Waals surface area contributed by atoms with Gasteiger partial charge in [0, 0.05) is 23.2 Å². The number of rotatable bonds is 6. The maximum Gasteiger partial charge on any atom is 0.233 e. The number of amides is 1. The summed E-state index contributed by atoms with van der Waals surface area (Å²) >= 11 is 7.45. The van der Waals surface area contributed by atoms with Crippen molar-refractivity contribution in [1.82, 2.24) is 20.1 Å². The topological polar surface area (TPSA) is 59.8 Å². The number of thioether (sulfide) groups is 1. The molecule has 1 aromatic heterocycles. The molecule has 0 saturated heterocycles. The first kappa shape index (κ1) is 21.2. The zero-order chi connectivity index (χ0) is 20.3. The van der Waals surface area contributed by atoms with Gasteiger partial charge in [-0.1, -0.05) is 50.1 Å². The molecule has 1 heterocycles. The van der Waals surface area contributed by atoms with Gasteiger partial charge in [0.2, 0.25) is 5.91 Å². The van der Waals surface area contributed by atoms with E-state index in [4.69, 9.17) is 11.6 Å². The van der Waals surface area contributed by atoms with Gasteiger partial charge in [0.1, 0.15) is 0 Å². The molecule has 0 bridgehead atoms. The van der Waals surface area contributed by atoms with Crippen LogP contribution in [0.25, 0.3) is 11.4 Å². The highest BCUT2D eigenvalue weighted by molar-refractivity contribution is 8.00. The lowest BCUT2D eigenvalue weighted by molar-refractivity contribution is -0.121. The van der Waals surface area contributed by atoms with Crippen LogP contribution in [-0.4, -0.2) is 32.0 Å². The van der Waals surface area contributed by atoms with Crippen LogP contribution in [0.3, 0.4) is 0 Å². The van der Waals surface area contributed by atoms with Gasteiger partial charge in [-0.25, -0.2) is 0 Å². The van der Waals surface area contributed by atoms with Crippen LogP contribution in [0.1, 0.15) is 47.0 Å². The van der Waals surface area contributed by atoms with Crippen molar-refractivity contribution in [2.24, 2.45) is 11.8 Å². The van der Waals surface area contributed by atoms with E-state index in [1.54, 1.807) is 0 Å². The fraction of sp³-hybridized carbons (Fsp3) is 0.571. The third kappa shape index (κ3) is 4.71. The van der Waals surface area contributed by atoms with Gasteiger partial charge in [-0.05, 0) is 56.4 Å². The van der Waals surface area contributed by atoms with Gasteiger partial charge in [-0.2, -0.15) is 0 Å². The molecule has 0 aliphatic heterocycles. The second-order valence-electron chi connectivity index (χ2n) is 7.70. The summed E-state index contributed by atoms with van der Waals surface area (Å²) in [7, 11) is 0. The zero-order valence-electron chi connectivity index (χ0n) is 17.0. The number of hydrogen-bond donors (Lipinski definition) is 1. The predicted molar refractivity (Wildman–Crippen MR) is 116 cm³/mol. The van der Waals surface area contributed by atoms with Crippen LogP contribution in [0, 0.1) is 11.8 Å². The Morgan fingerprint density at radius 2 is 2.00 bits per heavy atom. The first-order chi connectivity index (χ1) is 13.4. The summed E-state index contributed by atoms with van der Waals surface area (Å²) in [6, 6.07) is 7.85. The predicted octanol–water partition coefficient (Wildman–Crippen LogP) is 5.04. The molecular weight excluding hydrogens is 392 g/mol. The maximum absolute atomic E-state index is 12.8. The number of aromatic nitrogens is 3. The van der Waals surface area contributed by atoms with Crippen LogP contribution in [0.15, 0.2) is 29.4 Å². The average molecular weight is 421 g/mol. The van der Waals surface area contributed by atoms with Gasteiger partial charge in [0.15, 0.2) is 11.0 Å². The van der Waals surface area contributed by atoms with Crippen molar-refractivity contribution in [3.63, 3.8) is 0 Å². The molecule has 1 aromatic carbocycles. The third-order valence-electron chi connectivity index (χ3n) is 5.82. The van der Waals surface area contributed by atoms with Crippen LogP contribution in [-0.2, 0) is 11.3 Å². The molecule has 152 valence electrons. The van der Waals surface area contributed by atoms with Gasteiger partial charge >= 0.3 is 0 Å². The van der Waals surface area contributed by atoms with Crippen LogP contribution < -0.4 is 5.32 Å². The quantitative estimate of drug-likeness (QED) is 0.665. The van der Waals surface area contributed by atoms with E-state index in [0.717, 1.165) is 29.5 Å². The van der Waals surface area contributed by atoms with E-state index in [9.17, 15) is 4.79 Å². The van der Waals surface area contributed by atoms with Crippen molar-refractivity contribution in [3.8, 4) is 11.4 Å². The van der Waals surface area contributed by atoms with Crippen LogP contribution in [0.5, 0.6) is 0 Å².